The number of carbonyl (C=O) groups excluding carboxylic acids is 1. The fourth-order valence-electron chi connectivity index (χ4n) is 3.18. The first-order valence-corrected chi connectivity index (χ1v) is 8.59. The van der Waals surface area contributed by atoms with Crippen molar-refractivity contribution < 1.29 is 14.7 Å². The lowest BCUT2D eigenvalue weighted by Crippen LogP contribution is -2.54. The number of thioether (sulfide) groups is 1. The standard InChI is InChI=1S/C14H24N2O3S/c1-2-5-14(12(17)18)6-3-7-16(10-14)13(19)15-11-4-8-20-9-11/h11H,2-10H2,1H3,(H,15,19)(H,17,18). The third-order valence-corrected chi connectivity index (χ3v) is 5.47. The van der Waals surface area contributed by atoms with Gasteiger partial charge >= 0.3 is 12.0 Å². The van der Waals surface area contributed by atoms with Gasteiger partial charge in [-0.05, 0) is 31.4 Å². The summed E-state index contributed by atoms with van der Waals surface area (Å²) in [5.74, 6) is 1.31. The van der Waals surface area contributed by atoms with Gasteiger partial charge in [0.25, 0.3) is 0 Å². The van der Waals surface area contributed by atoms with Gasteiger partial charge in [-0.25, -0.2) is 4.79 Å². The molecule has 2 amide bonds. The molecule has 114 valence electrons. The highest BCUT2D eigenvalue weighted by Crippen LogP contribution is 2.35. The van der Waals surface area contributed by atoms with Crippen LogP contribution in [0.1, 0.15) is 39.0 Å². The molecule has 6 heteroatoms. The minimum atomic E-state index is -0.756. The van der Waals surface area contributed by atoms with Gasteiger partial charge in [-0.3, -0.25) is 4.79 Å². The van der Waals surface area contributed by atoms with E-state index in [1.807, 2.05) is 18.7 Å². The van der Waals surface area contributed by atoms with Gasteiger partial charge in [0, 0.05) is 24.9 Å². The highest BCUT2D eigenvalue weighted by Gasteiger charge is 2.43. The summed E-state index contributed by atoms with van der Waals surface area (Å²) in [5.41, 5.74) is -0.741. The van der Waals surface area contributed by atoms with Crippen LogP contribution >= 0.6 is 11.8 Å². The molecular formula is C14H24N2O3S. The lowest BCUT2D eigenvalue weighted by Gasteiger charge is -2.40. The topological polar surface area (TPSA) is 69.6 Å². The maximum absolute atomic E-state index is 12.3. The van der Waals surface area contributed by atoms with Crippen molar-refractivity contribution in [3.05, 3.63) is 0 Å². The fraction of sp³-hybridized carbons (Fsp3) is 0.857. The Balaban J connectivity index is 1.97. The van der Waals surface area contributed by atoms with Crippen LogP contribution in [0.5, 0.6) is 0 Å². The molecule has 2 N–H and O–H groups in total. The molecule has 0 bridgehead atoms. The average molecular weight is 300 g/mol. The number of piperidine rings is 1. The Morgan fingerprint density at radius 1 is 1.50 bits per heavy atom. The smallest absolute Gasteiger partial charge is 0.317 e. The number of likely N-dealkylation sites (tertiary alicyclic amines) is 1. The first-order valence-electron chi connectivity index (χ1n) is 7.44. The fourth-order valence-corrected chi connectivity index (χ4v) is 4.34. The lowest BCUT2D eigenvalue weighted by molar-refractivity contribution is -0.152. The SMILES string of the molecule is CCCC1(C(=O)O)CCCN(C(=O)NC2CCSC2)C1. The average Bonchev–Trinajstić information content (AvgIpc) is 2.92. The van der Waals surface area contributed by atoms with Crippen molar-refractivity contribution in [2.24, 2.45) is 5.41 Å². The number of urea groups is 1. The summed E-state index contributed by atoms with van der Waals surface area (Å²) < 4.78 is 0. The zero-order chi connectivity index (χ0) is 14.6. The number of hydrogen-bond acceptors (Lipinski definition) is 3. The van der Waals surface area contributed by atoms with E-state index < -0.39 is 11.4 Å². The monoisotopic (exact) mass is 300 g/mol. The zero-order valence-corrected chi connectivity index (χ0v) is 12.9. The minimum absolute atomic E-state index is 0.0843. The first-order chi connectivity index (χ1) is 9.57. The van der Waals surface area contributed by atoms with Gasteiger partial charge in [-0.1, -0.05) is 13.3 Å². The Morgan fingerprint density at radius 2 is 2.30 bits per heavy atom. The molecule has 2 unspecified atom stereocenters. The summed E-state index contributed by atoms with van der Waals surface area (Å²) >= 11 is 1.86. The van der Waals surface area contributed by atoms with E-state index in [2.05, 4.69) is 5.32 Å². The Bertz CT molecular complexity index is 367. The van der Waals surface area contributed by atoms with Crippen LogP contribution in [0.25, 0.3) is 0 Å². The number of carboxylic acids is 1. The molecule has 2 aliphatic rings. The highest BCUT2D eigenvalue weighted by molar-refractivity contribution is 7.99. The number of aliphatic carboxylic acids is 1. The van der Waals surface area contributed by atoms with E-state index in [-0.39, 0.29) is 12.1 Å². The molecular weight excluding hydrogens is 276 g/mol. The zero-order valence-electron chi connectivity index (χ0n) is 12.1. The third-order valence-electron chi connectivity index (χ3n) is 4.30. The second kappa shape index (κ2) is 6.70. The number of rotatable bonds is 4. The van der Waals surface area contributed by atoms with Crippen LogP contribution < -0.4 is 5.32 Å². The maximum Gasteiger partial charge on any atom is 0.317 e. The van der Waals surface area contributed by atoms with Crippen LogP contribution in [0.15, 0.2) is 0 Å². The lowest BCUT2D eigenvalue weighted by atomic mass is 9.76. The quantitative estimate of drug-likeness (QED) is 0.835. The summed E-state index contributed by atoms with van der Waals surface area (Å²) in [6, 6.07) is 0.166. The second-order valence-corrected chi connectivity index (χ2v) is 7.02. The van der Waals surface area contributed by atoms with E-state index in [4.69, 9.17) is 0 Å². The number of hydrogen-bond donors (Lipinski definition) is 2. The maximum atomic E-state index is 12.3. The summed E-state index contributed by atoms with van der Waals surface area (Å²) in [6.07, 6.45) is 3.95. The van der Waals surface area contributed by atoms with Crippen LogP contribution in [-0.2, 0) is 4.79 Å². The predicted octanol–water partition coefficient (Wildman–Crippen LogP) is 2.17. The summed E-state index contributed by atoms with van der Waals surface area (Å²) in [7, 11) is 0. The van der Waals surface area contributed by atoms with Crippen LogP contribution in [0.3, 0.4) is 0 Å². The van der Waals surface area contributed by atoms with E-state index in [1.54, 1.807) is 4.90 Å². The number of amides is 2. The molecule has 0 aromatic carbocycles. The van der Waals surface area contributed by atoms with Crippen LogP contribution in [-0.4, -0.2) is 52.6 Å². The first kappa shape index (κ1) is 15.5. The summed E-state index contributed by atoms with van der Waals surface area (Å²) in [4.78, 5) is 25.6. The summed E-state index contributed by atoms with van der Waals surface area (Å²) in [5, 5.41) is 12.6. The minimum Gasteiger partial charge on any atom is -0.481 e. The summed E-state index contributed by atoms with van der Waals surface area (Å²) in [6.45, 7) is 3.02. The molecule has 2 saturated heterocycles. The molecule has 0 aromatic rings. The molecule has 2 aliphatic heterocycles. The van der Waals surface area contributed by atoms with E-state index in [9.17, 15) is 14.7 Å². The Morgan fingerprint density at radius 3 is 2.90 bits per heavy atom. The number of carboxylic acid groups (broad SMARTS) is 1. The second-order valence-electron chi connectivity index (χ2n) is 5.87. The molecule has 0 radical (unpaired) electrons. The van der Waals surface area contributed by atoms with Crippen LogP contribution in [0.2, 0.25) is 0 Å². The normalized spacial score (nSPS) is 30.2. The van der Waals surface area contributed by atoms with Crippen molar-refractivity contribution in [3.8, 4) is 0 Å². The molecule has 2 rings (SSSR count). The Kier molecular flexibility index (Phi) is 5.18. The van der Waals surface area contributed by atoms with Gasteiger partial charge in [0.2, 0.25) is 0 Å². The number of nitrogens with one attached hydrogen (secondary N) is 1. The Labute approximate surface area is 124 Å². The number of carbonyl (C=O) groups is 2. The van der Waals surface area contributed by atoms with Crippen molar-refractivity contribution in [3.63, 3.8) is 0 Å². The van der Waals surface area contributed by atoms with Gasteiger partial charge in [-0.2, -0.15) is 11.8 Å². The molecule has 20 heavy (non-hydrogen) atoms. The van der Waals surface area contributed by atoms with Gasteiger partial charge in [0.15, 0.2) is 0 Å². The molecule has 0 spiro atoms. The predicted molar refractivity (Wildman–Crippen MR) is 80.0 cm³/mol. The van der Waals surface area contributed by atoms with E-state index >= 15 is 0 Å². The molecule has 2 heterocycles. The molecule has 0 aromatic heterocycles. The number of nitrogens with zero attached hydrogens (tertiary/aromatic N) is 1. The molecule has 2 atom stereocenters. The van der Waals surface area contributed by atoms with Crippen molar-refractivity contribution in [1.29, 1.82) is 0 Å². The molecule has 0 aliphatic carbocycles. The van der Waals surface area contributed by atoms with Gasteiger partial charge in [0.1, 0.15) is 0 Å². The van der Waals surface area contributed by atoms with Crippen LogP contribution in [0.4, 0.5) is 4.79 Å². The molecule has 2 fully saturated rings. The highest BCUT2D eigenvalue weighted by atomic mass is 32.2. The van der Waals surface area contributed by atoms with E-state index in [0.29, 0.717) is 25.9 Å². The Hall–Kier alpha value is -0.910. The third kappa shape index (κ3) is 3.40. The largest absolute Gasteiger partial charge is 0.481 e. The van der Waals surface area contributed by atoms with Crippen molar-refractivity contribution in [2.75, 3.05) is 24.6 Å². The van der Waals surface area contributed by atoms with Crippen molar-refractivity contribution in [2.45, 2.75) is 45.1 Å². The van der Waals surface area contributed by atoms with Crippen molar-refractivity contribution in [1.82, 2.24) is 10.2 Å². The molecule has 5 nitrogen and oxygen atoms in total. The molecule has 0 saturated carbocycles. The van der Waals surface area contributed by atoms with Gasteiger partial charge < -0.3 is 15.3 Å². The van der Waals surface area contributed by atoms with Crippen LogP contribution in [0, 0.1) is 5.41 Å². The van der Waals surface area contributed by atoms with Gasteiger partial charge in [0.05, 0.1) is 5.41 Å². The van der Waals surface area contributed by atoms with E-state index in [0.717, 1.165) is 30.8 Å². The van der Waals surface area contributed by atoms with Crippen molar-refractivity contribution >= 4 is 23.8 Å². The van der Waals surface area contributed by atoms with Gasteiger partial charge in [-0.15, -0.1) is 0 Å². The van der Waals surface area contributed by atoms with E-state index in [1.165, 1.54) is 0 Å².